The van der Waals surface area contributed by atoms with Gasteiger partial charge in [0.25, 0.3) is 5.91 Å². The smallest absolute Gasteiger partial charge is 0.258 e. The van der Waals surface area contributed by atoms with Crippen LogP contribution >= 0.6 is 0 Å². The molecule has 1 saturated carbocycles. The van der Waals surface area contributed by atoms with E-state index in [9.17, 15) is 4.79 Å². The molecule has 1 amide bonds. The molecule has 1 saturated heterocycles. The summed E-state index contributed by atoms with van der Waals surface area (Å²) in [6.07, 6.45) is 6.10. The highest BCUT2D eigenvalue weighted by Crippen LogP contribution is 2.34. The zero-order valence-corrected chi connectivity index (χ0v) is 20.1. The van der Waals surface area contributed by atoms with Gasteiger partial charge in [-0.3, -0.25) is 4.79 Å². The van der Waals surface area contributed by atoms with Crippen molar-refractivity contribution in [3.8, 4) is 5.75 Å². The summed E-state index contributed by atoms with van der Waals surface area (Å²) in [7, 11) is 4.14. The van der Waals surface area contributed by atoms with Crippen LogP contribution in [-0.2, 0) is 0 Å². The molecule has 2 aromatic carbocycles. The largest absolute Gasteiger partial charge is 0.494 e. The van der Waals surface area contributed by atoms with Gasteiger partial charge in [-0.15, -0.1) is 0 Å². The lowest BCUT2D eigenvalue weighted by molar-refractivity contribution is 0.0964. The minimum absolute atomic E-state index is 0. The normalized spacial score (nSPS) is 18.5. The van der Waals surface area contributed by atoms with E-state index in [1.807, 2.05) is 36.4 Å². The Labute approximate surface area is 198 Å². The summed E-state index contributed by atoms with van der Waals surface area (Å²) >= 11 is 0. The Hall–Kier alpha value is -2.60. The highest BCUT2D eigenvalue weighted by molar-refractivity contribution is 6.06. The number of unbranched alkanes of at least 4 members (excludes halogenated alkanes) is 1. The molecular weight excluding hydrogens is 417 g/mol. The molecule has 1 aliphatic carbocycles. The molecule has 0 bridgehead atoms. The van der Waals surface area contributed by atoms with E-state index in [2.05, 4.69) is 30.8 Å². The Morgan fingerprint density at radius 1 is 1.12 bits per heavy atom. The third kappa shape index (κ3) is 5.32. The van der Waals surface area contributed by atoms with E-state index in [-0.39, 0.29) is 19.2 Å². The molecule has 1 aliphatic heterocycles. The van der Waals surface area contributed by atoms with Gasteiger partial charge >= 0.3 is 0 Å². The van der Waals surface area contributed by atoms with Gasteiger partial charge in [0, 0.05) is 37.9 Å². The fourth-order valence-corrected chi connectivity index (χ4v) is 4.59. The van der Waals surface area contributed by atoms with Crippen LogP contribution in [0.2, 0.25) is 0 Å². The first-order valence-corrected chi connectivity index (χ1v) is 12.2. The maximum Gasteiger partial charge on any atom is 0.258 e. The molecular formula is C27H38FN3O2. The number of rotatable bonds is 9. The van der Waals surface area contributed by atoms with Gasteiger partial charge < -0.3 is 19.4 Å². The molecule has 2 fully saturated rings. The van der Waals surface area contributed by atoms with E-state index in [1.165, 1.54) is 6.07 Å². The zero-order valence-electron chi connectivity index (χ0n) is 20.1. The van der Waals surface area contributed by atoms with Crippen molar-refractivity contribution in [2.45, 2.75) is 57.5 Å². The number of benzene rings is 2. The van der Waals surface area contributed by atoms with Gasteiger partial charge in [-0.2, -0.15) is 0 Å². The highest BCUT2D eigenvalue weighted by atomic mass is 19.1. The second kappa shape index (κ2) is 10.6. The SMILES string of the molecule is CCCCOc1ccc(C(=O)N(c2ccc(N3CCC(N(C)C)C3)c(F)c2)C2CCC2)cc1.[HH]. The van der Waals surface area contributed by atoms with Gasteiger partial charge in [0.1, 0.15) is 11.6 Å². The number of hydrogen-bond donors (Lipinski definition) is 0. The number of halogens is 1. The number of carbonyl (C=O) groups is 1. The maximum absolute atomic E-state index is 15.2. The van der Waals surface area contributed by atoms with E-state index in [4.69, 9.17) is 4.74 Å². The number of hydrogen-bond acceptors (Lipinski definition) is 4. The first-order valence-electron chi connectivity index (χ1n) is 12.2. The molecule has 0 aromatic heterocycles. The van der Waals surface area contributed by atoms with Gasteiger partial charge in [-0.25, -0.2) is 4.39 Å². The van der Waals surface area contributed by atoms with Crippen LogP contribution in [0.25, 0.3) is 0 Å². The summed E-state index contributed by atoms with van der Waals surface area (Å²) in [5.74, 6) is 0.428. The van der Waals surface area contributed by atoms with Crippen molar-refractivity contribution in [3.63, 3.8) is 0 Å². The Bertz CT molecular complexity index is 949. The predicted molar refractivity (Wildman–Crippen MR) is 134 cm³/mol. The highest BCUT2D eigenvalue weighted by Gasteiger charge is 2.32. The second-order valence-electron chi connectivity index (χ2n) is 9.47. The lowest BCUT2D eigenvalue weighted by Crippen LogP contribution is -2.44. The summed E-state index contributed by atoms with van der Waals surface area (Å²) < 4.78 is 21.0. The minimum atomic E-state index is -0.260. The Kier molecular flexibility index (Phi) is 7.53. The standard InChI is InChI=1S/C27H36FN3O2.H2/c1-4-5-17-33-24-12-9-20(10-13-24)27(32)31(21-7-6-8-21)22-11-14-26(25(28)18-22)30-16-15-23(19-30)29(2)3;/h9-14,18,21,23H,4-8,15-17,19H2,1-3H3;1H. The van der Waals surface area contributed by atoms with Crippen molar-refractivity contribution in [1.82, 2.24) is 4.90 Å². The van der Waals surface area contributed by atoms with Crippen LogP contribution in [0.1, 0.15) is 57.2 Å². The van der Waals surface area contributed by atoms with Crippen molar-refractivity contribution < 1.29 is 15.3 Å². The predicted octanol–water partition coefficient (Wildman–Crippen LogP) is 5.59. The summed E-state index contributed by atoms with van der Waals surface area (Å²) in [4.78, 5) is 19.6. The van der Waals surface area contributed by atoms with Gasteiger partial charge in [0.15, 0.2) is 0 Å². The van der Waals surface area contributed by atoms with Crippen LogP contribution in [0.3, 0.4) is 0 Å². The zero-order chi connectivity index (χ0) is 23.4. The number of anilines is 2. The van der Waals surface area contributed by atoms with E-state index in [0.717, 1.165) is 57.4 Å². The lowest BCUT2D eigenvalue weighted by atomic mass is 9.90. The van der Waals surface area contributed by atoms with Crippen LogP contribution in [0.5, 0.6) is 5.75 Å². The molecule has 5 nitrogen and oxygen atoms in total. The van der Waals surface area contributed by atoms with Crippen molar-refractivity contribution in [2.24, 2.45) is 0 Å². The molecule has 1 heterocycles. The fraction of sp³-hybridized carbons (Fsp3) is 0.519. The fourth-order valence-electron chi connectivity index (χ4n) is 4.59. The van der Waals surface area contributed by atoms with Crippen molar-refractivity contribution in [3.05, 3.63) is 53.8 Å². The van der Waals surface area contributed by atoms with E-state index in [1.54, 1.807) is 4.90 Å². The molecule has 0 radical (unpaired) electrons. The van der Waals surface area contributed by atoms with Crippen LogP contribution in [0.4, 0.5) is 15.8 Å². The maximum atomic E-state index is 15.2. The topological polar surface area (TPSA) is 36.0 Å². The molecule has 1 atom stereocenters. The molecule has 2 aliphatic rings. The molecule has 1 unspecified atom stereocenters. The Morgan fingerprint density at radius 2 is 1.88 bits per heavy atom. The van der Waals surface area contributed by atoms with Crippen LogP contribution in [0, 0.1) is 5.82 Å². The molecule has 180 valence electrons. The van der Waals surface area contributed by atoms with Gasteiger partial charge in [-0.05, 0) is 88.7 Å². The minimum Gasteiger partial charge on any atom is -0.494 e. The summed E-state index contributed by atoms with van der Waals surface area (Å²) in [6.45, 7) is 4.47. The third-order valence-corrected chi connectivity index (χ3v) is 6.97. The quantitative estimate of drug-likeness (QED) is 0.462. The van der Waals surface area contributed by atoms with Crippen molar-refractivity contribution in [2.75, 3.05) is 43.6 Å². The molecule has 33 heavy (non-hydrogen) atoms. The second-order valence-corrected chi connectivity index (χ2v) is 9.47. The van der Waals surface area contributed by atoms with Gasteiger partial charge in [0.2, 0.25) is 0 Å². The van der Waals surface area contributed by atoms with Crippen LogP contribution in [0.15, 0.2) is 42.5 Å². The number of nitrogens with zero attached hydrogens (tertiary/aromatic N) is 3. The van der Waals surface area contributed by atoms with Crippen LogP contribution in [-0.4, -0.2) is 56.7 Å². The van der Waals surface area contributed by atoms with Gasteiger partial charge in [0.05, 0.1) is 12.3 Å². The number of amides is 1. The molecule has 6 heteroatoms. The average molecular weight is 456 g/mol. The molecule has 0 spiro atoms. The molecule has 0 N–H and O–H groups in total. The summed E-state index contributed by atoms with van der Waals surface area (Å²) in [5.41, 5.74) is 1.86. The van der Waals surface area contributed by atoms with E-state index < -0.39 is 0 Å². The van der Waals surface area contributed by atoms with Gasteiger partial charge in [-0.1, -0.05) is 13.3 Å². The van der Waals surface area contributed by atoms with E-state index in [0.29, 0.717) is 29.6 Å². The summed E-state index contributed by atoms with van der Waals surface area (Å²) in [5, 5.41) is 0. The monoisotopic (exact) mass is 455 g/mol. The van der Waals surface area contributed by atoms with Crippen molar-refractivity contribution in [1.29, 1.82) is 0 Å². The molecule has 4 rings (SSSR count). The Morgan fingerprint density at radius 3 is 2.45 bits per heavy atom. The number of carbonyl (C=O) groups excluding carboxylic acids is 1. The average Bonchev–Trinajstić information content (AvgIpc) is 3.27. The Balaban J connectivity index is 0.00000324. The lowest BCUT2D eigenvalue weighted by Gasteiger charge is -2.38. The number of ether oxygens (including phenoxy) is 1. The first-order chi connectivity index (χ1) is 16.0. The van der Waals surface area contributed by atoms with Crippen LogP contribution < -0.4 is 14.5 Å². The number of likely N-dealkylation sites (N-methyl/N-ethyl adjacent to an activating group) is 1. The molecule has 2 aromatic rings. The first kappa shape index (κ1) is 23.6. The summed E-state index contributed by atoms with van der Waals surface area (Å²) in [6, 6.07) is 13.2. The van der Waals surface area contributed by atoms with Crippen molar-refractivity contribution >= 4 is 17.3 Å². The third-order valence-electron chi connectivity index (χ3n) is 6.97. The van der Waals surface area contributed by atoms with E-state index >= 15 is 4.39 Å².